The van der Waals surface area contributed by atoms with E-state index in [9.17, 15) is 19.8 Å². The van der Waals surface area contributed by atoms with Gasteiger partial charge in [0.15, 0.2) is 0 Å². The Morgan fingerprint density at radius 1 is 0.415 bits per heavy atom. The second-order valence-electron chi connectivity index (χ2n) is 20.0. The molecule has 6 nitrogen and oxygen atoms in total. The molecule has 0 aliphatic carbocycles. The van der Waals surface area contributed by atoms with Crippen molar-refractivity contribution in [2.45, 2.75) is 328 Å². The van der Waals surface area contributed by atoms with Gasteiger partial charge in [0.05, 0.1) is 25.4 Å². The molecule has 384 valence electrons. The molecule has 0 aromatic heterocycles. The van der Waals surface area contributed by atoms with Gasteiger partial charge in [0.2, 0.25) is 5.91 Å². The third-order valence-electron chi connectivity index (χ3n) is 13.5. The Morgan fingerprint density at radius 2 is 0.723 bits per heavy atom. The SMILES string of the molecule is CCCCCCCCCCCC/C=C/C(O)C(CO)NC(=O)CCCCCCCCC/C=C\CCCCCCCCCCCCOC(=O)CCCCCCCCCCCCCCCCC. The lowest BCUT2D eigenvalue weighted by Gasteiger charge is -2.20. The molecule has 0 saturated heterocycles. The van der Waals surface area contributed by atoms with Crippen molar-refractivity contribution in [2.75, 3.05) is 13.2 Å². The molecule has 65 heavy (non-hydrogen) atoms. The lowest BCUT2D eigenvalue weighted by molar-refractivity contribution is -0.143. The minimum atomic E-state index is -0.848. The highest BCUT2D eigenvalue weighted by Crippen LogP contribution is 2.17. The highest BCUT2D eigenvalue weighted by atomic mass is 16.5. The summed E-state index contributed by atoms with van der Waals surface area (Å²) in [6.07, 6.45) is 66.3. The molecule has 0 saturated carbocycles. The van der Waals surface area contributed by atoms with Gasteiger partial charge < -0.3 is 20.3 Å². The van der Waals surface area contributed by atoms with Crippen molar-refractivity contribution in [3.63, 3.8) is 0 Å². The molecular formula is C59H113NO5. The lowest BCUT2D eigenvalue weighted by atomic mass is 10.0. The van der Waals surface area contributed by atoms with Crippen LogP contribution in [0.15, 0.2) is 24.3 Å². The number of ether oxygens (including phenoxy) is 1. The van der Waals surface area contributed by atoms with Crippen LogP contribution in [0.1, 0.15) is 316 Å². The van der Waals surface area contributed by atoms with Crippen molar-refractivity contribution in [3.8, 4) is 0 Å². The van der Waals surface area contributed by atoms with Crippen LogP contribution < -0.4 is 5.32 Å². The number of rotatable bonds is 54. The lowest BCUT2D eigenvalue weighted by Crippen LogP contribution is -2.45. The Morgan fingerprint density at radius 3 is 1.09 bits per heavy atom. The molecule has 6 heteroatoms. The van der Waals surface area contributed by atoms with Gasteiger partial charge in [-0.15, -0.1) is 0 Å². The number of esters is 1. The molecule has 3 N–H and O–H groups in total. The van der Waals surface area contributed by atoms with Crippen molar-refractivity contribution >= 4 is 11.9 Å². The van der Waals surface area contributed by atoms with Crippen LogP contribution >= 0.6 is 0 Å². The summed E-state index contributed by atoms with van der Waals surface area (Å²) in [5, 5.41) is 23.0. The Hall–Kier alpha value is -1.66. The maximum absolute atomic E-state index is 12.4. The fourth-order valence-electron chi connectivity index (χ4n) is 8.98. The van der Waals surface area contributed by atoms with Crippen LogP contribution in [0.25, 0.3) is 0 Å². The van der Waals surface area contributed by atoms with Gasteiger partial charge in [0.25, 0.3) is 0 Å². The number of aliphatic hydroxyl groups is 2. The number of carbonyl (C=O) groups is 2. The molecule has 0 aromatic carbocycles. The van der Waals surface area contributed by atoms with Gasteiger partial charge in [-0.1, -0.05) is 269 Å². The maximum atomic E-state index is 12.4. The van der Waals surface area contributed by atoms with Crippen LogP contribution in [0.5, 0.6) is 0 Å². The van der Waals surface area contributed by atoms with Gasteiger partial charge in [0, 0.05) is 12.8 Å². The number of allylic oxidation sites excluding steroid dienone is 3. The van der Waals surface area contributed by atoms with Gasteiger partial charge >= 0.3 is 5.97 Å². The Kier molecular flexibility index (Phi) is 53.5. The summed E-state index contributed by atoms with van der Waals surface area (Å²) in [7, 11) is 0. The first-order chi connectivity index (χ1) is 32.0. The zero-order valence-corrected chi connectivity index (χ0v) is 43.7. The highest BCUT2D eigenvalue weighted by Gasteiger charge is 2.18. The summed E-state index contributed by atoms with van der Waals surface area (Å²) in [5.74, 6) is -0.0655. The van der Waals surface area contributed by atoms with Crippen LogP contribution in [-0.2, 0) is 14.3 Å². The monoisotopic (exact) mass is 916 g/mol. The molecule has 0 radical (unpaired) electrons. The van der Waals surface area contributed by atoms with E-state index in [-0.39, 0.29) is 18.5 Å². The third kappa shape index (κ3) is 51.6. The topological polar surface area (TPSA) is 95.9 Å². The van der Waals surface area contributed by atoms with E-state index in [0.29, 0.717) is 19.4 Å². The molecule has 0 aliphatic rings. The van der Waals surface area contributed by atoms with E-state index in [0.717, 1.165) is 44.9 Å². The fraction of sp³-hybridized carbons (Fsp3) is 0.898. The van der Waals surface area contributed by atoms with Gasteiger partial charge in [0.1, 0.15) is 0 Å². The summed E-state index contributed by atoms with van der Waals surface area (Å²) < 4.78 is 5.48. The summed E-state index contributed by atoms with van der Waals surface area (Å²) in [6.45, 7) is 4.90. The van der Waals surface area contributed by atoms with Crippen molar-refractivity contribution in [2.24, 2.45) is 0 Å². The van der Waals surface area contributed by atoms with E-state index in [1.807, 2.05) is 6.08 Å². The number of hydrogen-bond acceptors (Lipinski definition) is 5. The number of hydrogen-bond donors (Lipinski definition) is 3. The maximum Gasteiger partial charge on any atom is 0.305 e. The predicted octanol–water partition coefficient (Wildman–Crippen LogP) is 17.9. The van der Waals surface area contributed by atoms with Crippen LogP contribution in [0.2, 0.25) is 0 Å². The molecule has 0 fully saturated rings. The smallest absolute Gasteiger partial charge is 0.305 e. The molecular weight excluding hydrogens is 803 g/mol. The normalized spacial score (nSPS) is 12.7. The van der Waals surface area contributed by atoms with E-state index in [4.69, 9.17) is 4.74 Å². The third-order valence-corrected chi connectivity index (χ3v) is 13.5. The zero-order chi connectivity index (χ0) is 47.2. The number of unbranched alkanes of at least 4 members (excludes halogenated alkanes) is 41. The standard InChI is InChI=1S/C59H113NO5/c1-3-5-7-9-11-13-15-17-25-29-33-37-41-45-49-53-59(64)65-54-50-46-42-38-34-30-27-24-22-20-18-19-21-23-26-28-32-36-40-44-48-52-58(63)60-56(55-61)57(62)51-47-43-39-35-31-16-14-12-10-8-6-4-2/h19,21,47,51,56-57,61-62H,3-18,20,22-46,48-50,52-55H2,1-2H3,(H,60,63)/b21-19-,51-47+. The number of aliphatic hydroxyl groups excluding tert-OH is 2. The summed E-state index contributed by atoms with van der Waals surface area (Å²) in [4.78, 5) is 24.5. The Balaban J connectivity index is 3.42. The van der Waals surface area contributed by atoms with E-state index in [1.54, 1.807) is 6.08 Å². The molecule has 0 spiro atoms. The molecule has 2 atom stereocenters. The molecule has 0 aliphatic heterocycles. The van der Waals surface area contributed by atoms with E-state index < -0.39 is 12.1 Å². The van der Waals surface area contributed by atoms with Crippen molar-refractivity contribution in [1.82, 2.24) is 5.32 Å². The molecule has 0 heterocycles. The van der Waals surface area contributed by atoms with Crippen LogP contribution in [0.3, 0.4) is 0 Å². The molecule has 1 amide bonds. The molecule has 2 unspecified atom stereocenters. The van der Waals surface area contributed by atoms with Gasteiger partial charge in [-0.05, 0) is 57.8 Å². The second-order valence-corrected chi connectivity index (χ2v) is 20.0. The Labute approximate surface area is 405 Å². The first-order valence-electron chi connectivity index (χ1n) is 29.1. The summed E-state index contributed by atoms with van der Waals surface area (Å²) >= 11 is 0. The van der Waals surface area contributed by atoms with Gasteiger partial charge in [-0.2, -0.15) is 0 Å². The van der Waals surface area contributed by atoms with E-state index >= 15 is 0 Å². The fourth-order valence-corrected chi connectivity index (χ4v) is 8.98. The van der Waals surface area contributed by atoms with Gasteiger partial charge in [-0.25, -0.2) is 0 Å². The average Bonchev–Trinajstić information content (AvgIpc) is 3.31. The van der Waals surface area contributed by atoms with Crippen molar-refractivity contribution in [1.29, 1.82) is 0 Å². The average molecular weight is 917 g/mol. The predicted molar refractivity (Wildman–Crippen MR) is 283 cm³/mol. The Bertz CT molecular complexity index is 1010. The van der Waals surface area contributed by atoms with Crippen LogP contribution in [-0.4, -0.2) is 47.4 Å². The number of carbonyl (C=O) groups excluding carboxylic acids is 2. The van der Waals surface area contributed by atoms with Crippen molar-refractivity contribution < 1.29 is 24.5 Å². The molecule has 0 rings (SSSR count). The number of amides is 1. The molecule has 0 bridgehead atoms. The summed E-state index contributed by atoms with van der Waals surface area (Å²) in [6, 6.07) is -0.632. The van der Waals surface area contributed by atoms with Crippen LogP contribution in [0, 0.1) is 0 Å². The number of nitrogens with one attached hydrogen (secondary N) is 1. The van der Waals surface area contributed by atoms with Crippen molar-refractivity contribution in [3.05, 3.63) is 24.3 Å². The van der Waals surface area contributed by atoms with Crippen LogP contribution in [0.4, 0.5) is 0 Å². The highest BCUT2D eigenvalue weighted by molar-refractivity contribution is 5.76. The first-order valence-corrected chi connectivity index (χ1v) is 29.1. The quantitative estimate of drug-likeness (QED) is 0.0321. The van der Waals surface area contributed by atoms with E-state index in [2.05, 4.69) is 31.3 Å². The first kappa shape index (κ1) is 63.3. The zero-order valence-electron chi connectivity index (χ0n) is 43.7. The largest absolute Gasteiger partial charge is 0.466 e. The molecule has 0 aromatic rings. The van der Waals surface area contributed by atoms with Gasteiger partial charge in [-0.3, -0.25) is 9.59 Å². The van der Waals surface area contributed by atoms with E-state index in [1.165, 1.54) is 244 Å². The minimum Gasteiger partial charge on any atom is -0.466 e. The minimum absolute atomic E-state index is 0.0105. The second kappa shape index (κ2) is 54.9. The summed E-state index contributed by atoms with van der Waals surface area (Å²) in [5.41, 5.74) is 0.